The van der Waals surface area contributed by atoms with Gasteiger partial charge in [-0.05, 0) is 13.0 Å². The van der Waals surface area contributed by atoms with Gasteiger partial charge in [0.05, 0.1) is 31.3 Å². The van der Waals surface area contributed by atoms with Crippen molar-refractivity contribution in [3.63, 3.8) is 0 Å². The first-order chi connectivity index (χ1) is 12.4. The molecule has 146 valence electrons. The van der Waals surface area contributed by atoms with E-state index in [9.17, 15) is 25.2 Å². The molecule has 9 heteroatoms. The Morgan fingerprint density at radius 2 is 1.88 bits per heavy atom. The van der Waals surface area contributed by atoms with Crippen LogP contribution in [0.15, 0.2) is 23.5 Å². The summed E-state index contributed by atoms with van der Waals surface area (Å²) in [5, 5.41) is 39.1. The fourth-order valence-corrected chi connectivity index (χ4v) is 3.67. The SMILES string of the molecule is COCC1=CO[C@@H](O[C@@H]2O[C@H](CO)[C@@H](O)[C@H](O)[C@H]2O)[C@@H]2C(C)=CC(=O)[C@H]12. The first-order valence-corrected chi connectivity index (χ1v) is 8.40. The third-order valence-electron chi connectivity index (χ3n) is 5.04. The summed E-state index contributed by atoms with van der Waals surface area (Å²) in [6.07, 6.45) is -4.99. The number of allylic oxidation sites excluding steroid dienone is 1. The molecular weight excluding hydrogens is 348 g/mol. The van der Waals surface area contributed by atoms with Crippen molar-refractivity contribution in [2.45, 2.75) is 43.9 Å². The van der Waals surface area contributed by atoms with Gasteiger partial charge in [0.2, 0.25) is 6.29 Å². The molecule has 0 spiro atoms. The van der Waals surface area contributed by atoms with Gasteiger partial charge in [0.15, 0.2) is 12.1 Å². The van der Waals surface area contributed by atoms with Crippen molar-refractivity contribution in [2.75, 3.05) is 20.3 Å². The molecule has 1 saturated heterocycles. The number of hydrogen-bond donors (Lipinski definition) is 4. The maximum atomic E-state index is 12.3. The Kier molecular flexibility index (Phi) is 5.78. The highest BCUT2D eigenvalue weighted by Gasteiger charge is 2.50. The number of methoxy groups -OCH3 is 1. The average Bonchev–Trinajstić information content (AvgIpc) is 2.92. The van der Waals surface area contributed by atoms with Gasteiger partial charge >= 0.3 is 0 Å². The molecule has 0 aromatic rings. The normalized spacial score (nSPS) is 42.8. The molecule has 0 bridgehead atoms. The fourth-order valence-electron chi connectivity index (χ4n) is 3.67. The molecule has 0 aromatic heterocycles. The number of carbonyl (C=O) groups is 1. The van der Waals surface area contributed by atoms with Gasteiger partial charge in [-0.2, -0.15) is 0 Å². The zero-order valence-electron chi connectivity index (χ0n) is 14.5. The smallest absolute Gasteiger partial charge is 0.209 e. The standard InChI is InChI=1S/C17H24O9/c1-7-3-9(19)12-8(5-23-2)6-24-16(11(7)12)26-17-15(22)14(21)13(20)10(4-18)25-17/h3,6,10-18,20-22H,4-5H2,1-2H3/t10-,11-,12+,13-,14+,15-,16+,17+/m1/s1. The zero-order valence-corrected chi connectivity index (χ0v) is 14.5. The second-order valence-corrected chi connectivity index (χ2v) is 6.76. The maximum absolute atomic E-state index is 12.3. The van der Waals surface area contributed by atoms with E-state index in [-0.39, 0.29) is 12.4 Å². The number of fused-ring (bicyclic) bond motifs is 1. The fraction of sp³-hybridized carbons (Fsp3) is 0.706. The van der Waals surface area contributed by atoms with E-state index >= 15 is 0 Å². The Balaban J connectivity index is 1.79. The number of rotatable bonds is 5. The number of carbonyl (C=O) groups excluding carboxylic acids is 1. The van der Waals surface area contributed by atoms with Crippen LogP contribution in [0, 0.1) is 11.8 Å². The van der Waals surface area contributed by atoms with E-state index in [1.54, 1.807) is 6.92 Å². The summed E-state index contributed by atoms with van der Waals surface area (Å²) in [4.78, 5) is 12.3. The van der Waals surface area contributed by atoms with Crippen LogP contribution in [0.2, 0.25) is 0 Å². The van der Waals surface area contributed by atoms with Crippen molar-refractivity contribution >= 4 is 5.78 Å². The number of aliphatic hydroxyl groups is 4. The van der Waals surface area contributed by atoms with Crippen molar-refractivity contribution < 1.29 is 44.2 Å². The third-order valence-corrected chi connectivity index (χ3v) is 5.04. The summed E-state index contributed by atoms with van der Waals surface area (Å²) in [5.41, 5.74) is 1.44. The second kappa shape index (κ2) is 7.73. The van der Waals surface area contributed by atoms with Gasteiger partial charge in [0, 0.05) is 12.7 Å². The van der Waals surface area contributed by atoms with E-state index in [0.717, 1.165) is 5.57 Å². The molecule has 8 atom stereocenters. The van der Waals surface area contributed by atoms with Crippen LogP contribution >= 0.6 is 0 Å². The Morgan fingerprint density at radius 1 is 1.15 bits per heavy atom. The van der Waals surface area contributed by atoms with Gasteiger partial charge in [-0.1, -0.05) is 5.57 Å². The second-order valence-electron chi connectivity index (χ2n) is 6.76. The van der Waals surface area contributed by atoms with Gasteiger partial charge in [0.25, 0.3) is 0 Å². The van der Waals surface area contributed by atoms with E-state index in [2.05, 4.69) is 0 Å². The van der Waals surface area contributed by atoms with Crippen LogP contribution in [0.1, 0.15) is 6.92 Å². The Morgan fingerprint density at radius 3 is 2.54 bits per heavy atom. The zero-order chi connectivity index (χ0) is 19.0. The molecule has 0 unspecified atom stereocenters. The molecule has 0 amide bonds. The lowest BCUT2D eigenvalue weighted by Crippen LogP contribution is -2.60. The van der Waals surface area contributed by atoms with Crippen LogP contribution in [0.4, 0.5) is 0 Å². The van der Waals surface area contributed by atoms with Crippen molar-refractivity contribution in [1.82, 2.24) is 0 Å². The van der Waals surface area contributed by atoms with E-state index < -0.39 is 55.4 Å². The minimum Gasteiger partial charge on any atom is -0.472 e. The molecule has 3 rings (SSSR count). The molecule has 26 heavy (non-hydrogen) atoms. The monoisotopic (exact) mass is 372 g/mol. The van der Waals surface area contributed by atoms with Crippen molar-refractivity contribution in [3.8, 4) is 0 Å². The van der Waals surface area contributed by atoms with Gasteiger partial charge in [0.1, 0.15) is 24.4 Å². The van der Waals surface area contributed by atoms with Crippen LogP contribution in [-0.4, -0.2) is 83.5 Å². The van der Waals surface area contributed by atoms with Gasteiger partial charge < -0.3 is 39.4 Å². The number of ether oxygens (including phenoxy) is 4. The predicted molar refractivity (Wildman–Crippen MR) is 85.4 cm³/mol. The van der Waals surface area contributed by atoms with Crippen molar-refractivity contribution in [2.24, 2.45) is 11.8 Å². The predicted octanol–water partition coefficient (Wildman–Crippen LogP) is -1.55. The van der Waals surface area contributed by atoms with E-state index in [0.29, 0.717) is 5.57 Å². The summed E-state index contributed by atoms with van der Waals surface area (Å²) < 4.78 is 21.8. The minimum absolute atomic E-state index is 0.0819. The summed E-state index contributed by atoms with van der Waals surface area (Å²) in [6.45, 7) is 1.46. The Bertz CT molecular complexity index is 599. The van der Waals surface area contributed by atoms with Crippen molar-refractivity contribution in [3.05, 3.63) is 23.5 Å². The maximum Gasteiger partial charge on any atom is 0.209 e. The van der Waals surface area contributed by atoms with Crippen LogP contribution in [0.25, 0.3) is 0 Å². The van der Waals surface area contributed by atoms with Crippen LogP contribution in [-0.2, 0) is 23.7 Å². The minimum atomic E-state index is -1.55. The third kappa shape index (κ3) is 3.31. The molecule has 9 nitrogen and oxygen atoms in total. The van der Waals surface area contributed by atoms with E-state index in [4.69, 9.17) is 18.9 Å². The molecule has 1 aliphatic carbocycles. The molecule has 3 aliphatic rings. The molecule has 2 aliphatic heterocycles. The number of hydrogen-bond acceptors (Lipinski definition) is 9. The first kappa shape index (κ1) is 19.4. The molecule has 2 heterocycles. The summed E-state index contributed by atoms with van der Waals surface area (Å²) in [6, 6.07) is 0. The van der Waals surface area contributed by atoms with E-state index in [1.807, 2.05) is 0 Å². The van der Waals surface area contributed by atoms with Crippen molar-refractivity contribution in [1.29, 1.82) is 0 Å². The lowest BCUT2D eigenvalue weighted by atomic mass is 9.83. The highest BCUT2D eigenvalue weighted by molar-refractivity contribution is 5.97. The average molecular weight is 372 g/mol. The summed E-state index contributed by atoms with van der Waals surface area (Å²) in [5.74, 6) is -0.995. The highest BCUT2D eigenvalue weighted by Crippen LogP contribution is 2.42. The molecule has 0 aromatic carbocycles. The molecule has 0 saturated carbocycles. The summed E-state index contributed by atoms with van der Waals surface area (Å²) >= 11 is 0. The molecule has 4 N–H and O–H groups in total. The summed E-state index contributed by atoms with van der Waals surface area (Å²) in [7, 11) is 1.52. The lowest BCUT2D eigenvalue weighted by Gasteiger charge is -2.42. The van der Waals surface area contributed by atoms with Crippen LogP contribution in [0.3, 0.4) is 0 Å². The number of ketones is 1. The van der Waals surface area contributed by atoms with Crippen LogP contribution in [0.5, 0.6) is 0 Å². The first-order valence-electron chi connectivity index (χ1n) is 8.40. The quantitative estimate of drug-likeness (QED) is 0.452. The van der Waals surface area contributed by atoms with Gasteiger partial charge in [-0.25, -0.2) is 0 Å². The Labute approximate surface area is 150 Å². The molecule has 1 fully saturated rings. The Hall–Kier alpha value is -1.33. The topological polar surface area (TPSA) is 135 Å². The number of aliphatic hydroxyl groups excluding tert-OH is 4. The van der Waals surface area contributed by atoms with E-state index in [1.165, 1.54) is 19.4 Å². The molecule has 0 radical (unpaired) electrons. The largest absolute Gasteiger partial charge is 0.472 e. The van der Waals surface area contributed by atoms with Gasteiger partial charge in [-0.3, -0.25) is 4.79 Å². The molecular formula is C17H24O9. The van der Waals surface area contributed by atoms with Gasteiger partial charge in [-0.15, -0.1) is 0 Å². The van der Waals surface area contributed by atoms with Crippen LogP contribution < -0.4 is 0 Å². The lowest BCUT2D eigenvalue weighted by molar-refractivity contribution is -0.339. The highest BCUT2D eigenvalue weighted by atomic mass is 16.8.